The Kier molecular flexibility index (Phi) is 6.60. The van der Waals surface area contributed by atoms with E-state index < -0.39 is 35.0 Å². The standard InChI is InChI=1S/C28H25F4N7O3/c29-19-12-15(25(40)36-20-13-17(5-8-34-20)28(30,31)32)3-4-18(19)21-22-23(33)35-9-11-39(22)24(37-21)16-2-1-10-38(14-16)27(6-7-27)26(41)42/h3-5,8-9,11-13,16H,1-2,6-7,10,14H2,(H2,33,35)(H,41,42)(H,34,36,40)/t16-/m1/s1. The fourth-order valence-electron chi connectivity index (χ4n) is 5.64. The van der Waals surface area contributed by atoms with Crippen molar-refractivity contribution in [3.05, 3.63) is 71.7 Å². The molecule has 0 radical (unpaired) electrons. The molecule has 4 aromatic rings. The molecular weight excluding hydrogens is 558 g/mol. The van der Waals surface area contributed by atoms with Gasteiger partial charge in [0, 0.05) is 42.2 Å². The first kappa shape index (κ1) is 27.6. The third-order valence-electron chi connectivity index (χ3n) is 7.94. The van der Waals surface area contributed by atoms with E-state index in [2.05, 4.69) is 15.3 Å². The van der Waals surface area contributed by atoms with Crippen LogP contribution in [0.4, 0.5) is 29.2 Å². The fourth-order valence-corrected chi connectivity index (χ4v) is 5.64. The molecule has 4 heterocycles. The van der Waals surface area contributed by atoms with Gasteiger partial charge in [-0.2, -0.15) is 13.2 Å². The van der Waals surface area contributed by atoms with Crippen molar-refractivity contribution in [2.75, 3.05) is 24.1 Å². The van der Waals surface area contributed by atoms with E-state index in [0.717, 1.165) is 31.2 Å². The number of amides is 1. The molecular formula is C28H25F4N7O3. The molecule has 6 rings (SSSR count). The van der Waals surface area contributed by atoms with E-state index in [1.54, 1.807) is 10.6 Å². The topological polar surface area (TPSA) is 139 Å². The quantitative estimate of drug-likeness (QED) is 0.281. The summed E-state index contributed by atoms with van der Waals surface area (Å²) in [4.78, 5) is 39.3. The van der Waals surface area contributed by atoms with E-state index in [4.69, 9.17) is 10.7 Å². The fraction of sp³-hybridized carbons (Fsp3) is 0.321. The Balaban J connectivity index is 1.31. The van der Waals surface area contributed by atoms with Crippen LogP contribution in [-0.4, -0.2) is 59.9 Å². The number of carboxylic acid groups (broad SMARTS) is 1. The largest absolute Gasteiger partial charge is 0.480 e. The zero-order valence-corrected chi connectivity index (χ0v) is 22.0. The number of alkyl halides is 3. The number of hydrogen-bond donors (Lipinski definition) is 3. The molecule has 1 saturated heterocycles. The van der Waals surface area contributed by atoms with Gasteiger partial charge < -0.3 is 16.2 Å². The van der Waals surface area contributed by atoms with Crippen molar-refractivity contribution >= 4 is 29.0 Å². The van der Waals surface area contributed by atoms with Crippen molar-refractivity contribution in [3.63, 3.8) is 0 Å². The number of carboxylic acids is 1. The molecule has 42 heavy (non-hydrogen) atoms. The number of nitrogens with zero attached hydrogens (tertiary/aromatic N) is 5. The lowest BCUT2D eigenvalue weighted by Crippen LogP contribution is -2.48. The van der Waals surface area contributed by atoms with Crippen LogP contribution in [0.15, 0.2) is 48.9 Å². The summed E-state index contributed by atoms with van der Waals surface area (Å²) in [5.74, 6) is -2.26. The molecule has 0 spiro atoms. The number of carbonyl (C=O) groups excluding carboxylic acids is 1. The van der Waals surface area contributed by atoms with E-state index in [1.165, 1.54) is 18.3 Å². The van der Waals surface area contributed by atoms with E-state index >= 15 is 4.39 Å². The summed E-state index contributed by atoms with van der Waals surface area (Å²) in [5, 5.41) is 12.0. The van der Waals surface area contributed by atoms with Gasteiger partial charge >= 0.3 is 12.1 Å². The number of hydrogen-bond acceptors (Lipinski definition) is 7. The highest BCUT2D eigenvalue weighted by Crippen LogP contribution is 2.45. The zero-order valence-electron chi connectivity index (χ0n) is 22.0. The molecule has 0 unspecified atom stereocenters. The number of nitrogens with two attached hydrogens (primary N) is 1. The number of aliphatic carboxylic acids is 1. The Morgan fingerprint density at radius 1 is 1.12 bits per heavy atom. The van der Waals surface area contributed by atoms with Crippen molar-refractivity contribution < 1.29 is 32.3 Å². The highest BCUT2D eigenvalue weighted by Gasteiger charge is 2.56. The van der Waals surface area contributed by atoms with Crippen molar-refractivity contribution in [1.29, 1.82) is 0 Å². The molecule has 1 aliphatic heterocycles. The second-order valence-corrected chi connectivity index (χ2v) is 10.5. The Bertz CT molecular complexity index is 1720. The van der Waals surface area contributed by atoms with Crippen molar-refractivity contribution in [1.82, 2.24) is 24.3 Å². The Labute approximate surface area is 236 Å². The molecule has 218 valence electrons. The normalized spacial score (nSPS) is 18.6. The lowest BCUT2D eigenvalue weighted by atomic mass is 9.95. The smallest absolute Gasteiger partial charge is 0.416 e. The predicted molar refractivity (Wildman–Crippen MR) is 143 cm³/mol. The molecule has 4 N–H and O–H groups in total. The minimum Gasteiger partial charge on any atom is -0.480 e. The number of anilines is 2. The number of nitrogens with one attached hydrogen (secondary N) is 1. The lowest BCUT2D eigenvalue weighted by molar-refractivity contribution is -0.145. The first-order valence-electron chi connectivity index (χ1n) is 13.2. The number of fused-ring (bicyclic) bond motifs is 1. The van der Waals surface area contributed by atoms with Gasteiger partial charge in [0.05, 0.1) is 5.56 Å². The minimum absolute atomic E-state index is 0.0454. The van der Waals surface area contributed by atoms with Crippen molar-refractivity contribution in [2.45, 2.75) is 43.3 Å². The van der Waals surface area contributed by atoms with Crippen LogP contribution in [0.5, 0.6) is 0 Å². The van der Waals surface area contributed by atoms with Crippen LogP contribution in [0.25, 0.3) is 16.8 Å². The molecule has 3 aromatic heterocycles. The molecule has 1 amide bonds. The molecule has 2 fully saturated rings. The van der Waals surface area contributed by atoms with E-state index in [1.807, 2.05) is 4.90 Å². The Hall–Kier alpha value is -4.59. The highest BCUT2D eigenvalue weighted by molar-refractivity contribution is 6.04. The second-order valence-electron chi connectivity index (χ2n) is 10.5. The molecule has 1 aliphatic carbocycles. The maximum atomic E-state index is 15.6. The third kappa shape index (κ3) is 4.81. The van der Waals surface area contributed by atoms with Gasteiger partial charge in [-0.25, -0.2) is 19.3 Å². The summed E-state index contributed by atoms with van der Waals surface area (Å²) >= 11 is 0. The number of benzene rings is 1. The number of piperidine rings is 1. The van der Waals surface area contributed by atoms with Crippen LogP contribution in [0.1, 0.15) is 53.3 Å². The van der Waals surface area contributed by atoms with Gasteiger partial charge in [0.2, 0.25) is 0 Å². The average molecular weight is 584 g/mol. The molecule has 14 heteroatoms. The summed E-state index contributed by atoms with van der Waals surface area (Å²) < 4.78 is 56.3. The van der Waals surface area contributed by atoms with Crippen LogP contribution in [0, 0.1) is 5.82 Å². The van der Waals surface area contributed by atoms with Crippen LogP contribution >= 0.6 is 0 Å². The maximum absolute atomic E-state index is 15.6. The van der Waals surface area contributed by atoms with E-state index in [-0.39, 0.29) is 34.4 Å². The Morgan fingerprint density at radius 3 is 2.60 bits per heavy atom. The number of halogens is 4. The van der Waals surface area contributed by atoms with Gasteiger partial charge in [-0.15, -0.1) is 0 Å². The molecule has 1 saturated carbocycles. The van der Waals surface area contributed by atoms with Crippen molar-refractivity contribution in [2.24, 2.45) is 0 Å². The lowest BCUT2D eigenvalue weighted by Gasteiger charge is -2.36. The molecule has 2 aliphatic rings. The predicted octanol–water partition coefficient (Wildman–Crippen LogP) is 4.58. The summed E-state index contributed by atoms with van der Waals surface area (Å²) in [6.45, 7) is 1.13. The number of aromatic nitrogens is 4. The van der Waals surface area contributed by atoms with Gasteiger partial charge in [0.25, 0.3) is 5.91 Å². The monoisotopic (exact) mass is 583 g/mol. The third-order valence-corrected chi connectivity index (χ3v) is 7.94. The maximum Gasteiger partial charge on any atom is 0.416 e. The van der Waals surface area contributed by atoms with Crippen LogP contribution < -0.4 is 11.1 Å². The number of carbonyl (C=O) groups is 2. The summed E-state index contributed by atoms with van der Waals surface area (Å²) in [7, 11) is 0. The van der Waals surface area contributed by atoms with Gasteiger partial charge in [-0.1, -0.05) is 0 Å². The first-order valence-corrected chi connectivity index (χ1v) is 13.2. The summed E-state index contributed by atoms with van der Waals surface area (Å²) in [5.41, 5.74) is 4.85. The first-order chi connectivity index (χ1) is 20.0. The highest BCUT2D eigenvalue weighted by atomic mass is 19.4. The second kappa shape index (κ2) is 10.0. The molecule has 0 bridgehead atoms. The molecule has 10 nitrogen and oxygen atoms in total. The zero-order chi connectivity index (χ0) is 29.8. The number of nitrogen functional groups attached to an aromatic ring is 1. The van der Waals surface area contributed by atoms with Crippen molar-refractivity contribution in [3.8, 4) is 11.3 Å². The summed E-state index contributed by atoms with van der Waals surface area (Å²) in [6.07, 6.45) is 2.17. The SMILES string of the molecule is Nc1nccn2c([C@@H]3CCCN(C4(C(=O)O)CC4)C3)nc(-c3ccc(C(=O)Nc4cc(C(F)(F)F)ccn4)cc3F)c12. The number of rotatable bonds is 6. The summed E-state index contributed by atoms with van der Waals surface area (Å²) in [6, 6.07) is 5.09. The average Bonchev–Trinajstić information content (AvgIpc) is 3.69. The van der Waals surface area contributed by atoms with Crippen LogP contribution in [0.2, 0.25) is 0 Å². The molecule has 1 aromatic carbocycles. The minimum atomic E-state index is -4.62. The van der Waals surface area contributed by atoms with Gasteiger partial charge in [0.15, 0.2) is 0 Å². The van der Waals surface area contributed by atoms with E-state index in [9.17, 15) is 27.9 Å². The van der Waals surface area contributed by atoms with Gasteiger partial charge in [0.1, 0.15) is 40.0 Å². The number of likely N-dealkylation sites (tertiary alicyclic amines) is 1. The Morgan fingerprint density at radius 2 is 1.90 bits per heavy atom. The van der Waals surface area contributed by atoms with Crippen LogP contribution in [0.3, 0.4) is 0 Å². The molecule has 1 atom stereocenters. The van der Waals surface area contributed by atoms with Crippen LogP contribution in [-0.2, 0) is 11.0 Å². The number of pyridine rings is 1. The van der Waals surface area contributed by atoms with E-state index in [0.29, 0.717) is 43.3 Å². The number of imidazole rings is 1. The van der Waals surface area contributed by atoms with Gasteiger partial charge in [-0.05, 0) is 62.6 Å². The van der Waals surface area contributed by atoms with Gasteiger partial charge in [-0.3, -0.25) is 18.9 Å².